The molecule has 0 radical (unpaired) electrons. The number of aliphatic hydroxyl groups is 1. The molecule has 26 heavy (non-hydrogen) atoms. The van der Waals surface area contributed by atoms with E-state index in [2.05, 4.69) is 20.6 Å². The Bertz CT molecular complexity index is 700. The fourth-order valence-electron chi connectivity index (χ4n) is 3.05. The van der Waals surface area contributed by atoms with Gasteiger partial charge in [-0.3, -0.25) is 4.99 Å². The monoisotopic (exact) mass is 380 g/mol. The molecule has 0 atom stereocenters. The topological polar surface area (TPSA) is 118 Å². The number of fused-ring (bicyclic) bond motifs is 2. The summed E-state index contributed by atoms with van der Waals surface area (Å²) in [5.41, 5.74) is 7.45. The van der Waals surface area contributed by atoms with E-state index < -0.39 is 0 Å². The predicted octanol–water partition coefficient (Wildman–Crippen LogP) is 2.27. The highest BCUT2D eigenvalue weighted by Gasteiger charge is 2.20. The van der Waals surface area contributed by atoms with Crippen molar-refractivity contribution >= 4 is 29.1 Å². The standard InChI is InChI=1S/C17H25ClN6O2/c1-10(22-11-3-5-12(25)6-4-11)14-15(19)26-8-2-7-20-16-13(18)9-21-17(23-14)24-16/h9,11-12,25H,2-8,19H2,1H3,(H2,20,21,23,24). The summed E-state index contributed by atoms with van der Waals surface area (Å²) in [4.78, 5) is 13.4. The van der Waals surface area contributed by atoms with Crippen molar-refractivity contribution in [1.82, 2.24) is 9.97 Å². The molecule has 2 aliphatic rings. The molecule has 0 aromatic carbocycles. The molecule has 0 saturated heterocycles. The molecule has 1 saturated carbocycles. The molecule has 0 spiro atoms. The van der Waals surface area contributed by atoms with Crippen LogP contribution in [-0.2, 0) is 4.74 Å². The summed E-state index contributed by atoms with van der Waals surface area (Å²) < 4.78 is 5.67. The Kier molecular flexibility index (Phi) is 6.16. The first-order valence-corrected chi connectivity index (χ1v) is 9.29. The summed E-state index contributed by atoms with van der Waals surface area (Å²) in [7, 11) is 0. The molecule has 8 nitrogen and oxygen atoms in total. The SMILES string of the molecule is CC(=NC1CCC(O)CC1)C1=C(N)OCCCNc2nc(ncc2Cl)N1. The van der Waals surface area contributed by atoms with E-state index in [1.54, 1.807) is 6.20 Å². The van der Waals surface area contributed by atoms with E-state index in [1.807, 2.05) is 6.92 Å². The molecule has 142 valence electrons. The molecule has 2 heterocycles. The number of hydrogen-bond donors (Lipinski definition) is 4. The summed E-state index contributed by atoms with van der Waals surface area (Å²) in [6.45, 7) is 3.02. The van der Waals surface area contributed by atoms with Crippen molar-refractivity contribution in [2.45, 2.75) is 51.2 Å². The van der Waals surface area contributed by atoms with Crippen LogP contribution < -0.4 is 16.4 Å². The molecule has 2 bridgehead atoms. The van der Waals surface area contributed by atoms with Gasteiger partial charge in [0.2, 0.25) is 11.8 Å². The molecule has 0 amide bonds. The van der Waals surface area contributed by atoms with Crippen molar-refractivity contribution < 1.29 is 9.84 Å². The van der Waals surface area contributed by atoms with Crippen molar-refractivity contribution in [1.29, 1.82) is 0 Å². The molecule has 1 aliphatic heterocycles. The smallest absolute Gasteiger partial charge is 0.229 e. The predicted molar refractivity (Wildman–Crippen MR) is 102 cm³/mol. The molecular weight excluding hydrogens is 356 g/mol. The number of ether oxygens (including phenoxy) is 1. The molecule has 9 heteroatoms. The number of aromatic nitrogens is 2. The van der Waals surface area contributed by atoms with E-state index in [-0.39, 0.29) is 18.0 Å². The quantitative estimate of drug-likeness (QED) is 0.581. The molecule has 1 aromatic rings. The first-order valence-electron chi connectivity index (χ1n) is 8.91. The number of rotatable bonds is 2. The van der Waals surface area contributed by atoms with Gasteiger partial charge >= 0.3 is 0 Å². The third kappa shape index (κ3) is 4.76. The number of anilines is 2. The Morgan fingerprint density at radius 1 is 1.38 bits per heavy atom. The first kappa shape index (κ1) is 18.7. The third-order valence-electron chi connectivity index (χ3n) is 4.50. The van der Waals surface area contributed by atoms with E-state index in [0.29, 0.717) is 35.6 Å². The van der Waals surface area contributed by atoms with Gasteiger partial charge in [-0.15, -0.1) is 0 Å². The van der Waals surface area contributed by atoms with Gasteiger partial charge in [-0.1, -0.05) is 11.6 Å². The van der Waals surface area contributed by atoms with Gasteiger partial charge in [0, 0.05) is 6.54 Å². The number of nitrogens with two attached hydrogens (primary N) is 1. The average Bonchev–Trinajstić information content (AvgIpc) is 2.65. The molecule has 5 N–H and O–H groups in total. The number of hydrogen-bond acceptors (Lipinski definition) is 8. The minimum Gasteiger partial charge on any atom is -0.478 e. The lowest BCUT2D eigenvalue weighted by atomic mass is 9.93. The Hall–Kier alpha value is -2.06. The van der Waals surface area contributed by atoms with Crippen LogP contribution in [0.2, 0.25) is 5.02 Å². The normalized spacial score (nSPS) is 24.8. The van der Waals surface area contributed by atoms with Crippen molar-refractivity contribution in [3.8, 4) is 0 Å². The Morgan fingerprint density at radius 3 is 2.92 bits per heavy atom. The molecular formula is C17H25ClN6O2. The van der Waals surface area contributed by atoms with Crippen LogP contribution in [0.15, 0.2) is 22.8 Å². The summed E-state index contributed by atoms with van der Waals surface area (Å²) in [5.74, 6) is 1.21. The fourth-order valence-corrected chi connectivity index (χ4v) is 3.21. The second-order valence-corrected chi connectivity index (χ2v) is 6.97. The van der Waals surface area contributed by atoms with Crippen LogP contribution in [0.4, 0.5) is 11.8 Å². The fraction of sp³-hybridized carbons (Fsp3) is 0.588. The van der Waals surface area contributed by atoms with E-state index in [1.165, 1.54) is 0 Å². The Balaban J connectivity index is 1.86. The summed E-state index contributed by atoms with van der Waals surface area (Å²) in [5, 5.41) is 16.4. The Morgan fingerprint density at radius 2 is 2.15 bits per heavy atom. The zero-order valence-corrected chi connectivity index (χ0v) is 15.6. The zero-order valence-electron chi connectivity index (χ0n) is 14.8. The van der Waals surface area contributed by atoms with Gasteiger partial charge in [-0.2, -0.15) is 4.98 Å². The lowest BCUT2D eigenvalue weighted by molar-refractivity contribution is 0.123. The van der Waals surface area contributed by atoms with Gasteiger partial charge in [-0.05, 0) is 39.0 Å². The highest BCUT2D eigenvalue weighted by Crippen LogP contribution is 2.23. The highest BCUT2D eigenvalue weighted by atomic mass is 35.5. The number of halogens is 1. The van der Waals surface area contributed by atoms with Crippen molar-refractivity contribution in [3.05, 3.63) is 22.8 Å². The largest absolute Gasteiger partial charge is 0.478 e. The molecule has 3 rings (SSSR count). The van der Waals surface area contributed by atoms with Gasteiger partial charge in [0.25, 0.3) is 0 Å². The maximum atomic E-state index is 9.66. The summed E-state index contributed by atoms with van der Waals surface area (Å²) >= 11 is 6.13. The number of aliphatic hydroxyl groups excluding tert-OH is 1. The van der Waals surface area contributed by atoms with Gasteiger partial charge in [0.05, 0.1) is 30.7 Å². The average molecular weight is 381 g/mol. The van der Waals surface area contributed by atoms with E-state index in [4.69, 9.17) is 27.1 Å². The van der Waals surface area contributed by atoms with E-state index in [9.17, 15) is 5.11 Å². The van der Waals surface area contributed by atoms with Crippen LogP contribution in [0, 0.1) is 0 Å². The van der Waals surface area contributed by atoms with Crippen LogP contribution in [0.1, 0.15) is 39.0 Å². The van der Waals surface area contributed by atoms with Crippen molar-refractivity contribution in [3.63, 3.8) is 0 Å². The number of aliphatic imine (C=N–C) groups is 1. The number of nitrogens with one attached hydrogen (secondary N) is 2. The minimum atomic E-state index is -0.210. The molecule has 1 aromatic heterocycles. The Labute approximate surface area is 157 Å². The van der Waals surface area contributed by atoms with Crippen LogP contribution in [0.25, 0.3) is 0 Å². The number of nitrogens with zero attached hydrogens (tertiary/aromatic N) is 3. The van der Waals surface area contributed by atoms with Crippen LogP contribution in [0.5, 0.6) is 0 Å². The lowest BCUT2D eigenvalue weighted by Crippen LogP contribution is -2.24. The first-order chi connectivity index (χ1) is 12.5. The lowest BCUT2D eigenvalue weighted by Gasteiger charge is -2.23. The van der Waals surface area contributed by atoms with E-state index in [0.717, 1.165) is 37.8 Å². The summed E-state index contributed by atoms with van der Waals surface area (Å²) in [6, 6.07) is 0.169. The second kappa shape index (κ2) is 8.55. The minimum absolute atomic E-state index is 0.169. The van der Waals surface area contributed by atoms with Gasteiger partial charge < -0.3 is 26.2 Å². The molecule has 1 aliphatic carbocycles. The van der Waals surface area contributed by atoms with Crippen LogP contribution in [0.3, 0.4) is 0 Å². The molecule has 0 unspecified atom stereocenters. The number of allylic oxidation sites excluding steroid dienone is 1. The van der Waals surface area contributed by atoms with Gasteiger partial charge in [-0.25, -0.2) is 4.98 Å². The third-order valence-corrected chi connectivity index (χ3v) is 4.78. The second-order valence-electron chi connectivity index (χ2n) is 6.56. The molecule has 1 fully saturated rings. The zero-order chi connectivity index (χ0) is 18.5. The van der Waals surface area contributed by atoms with Crippen LogP contribution in [-0.4, -0.2) is 46.1 Å². The highest BCUT2D eigenvalue weighted by molar-refractivity contribution is 6.32. The van der Waals surface area contributed by atoms with Crippen molar-refractivity contribution in [2.24, 2.45) is 10.7 Å². The maximum Gasteiger partial charge on any atom is 0.229 e. The van der Waals surface area contributed by atoms with Crippen molar-refractivity contribution in [2.75, 3.05) is 23.8 Å². The maximum absolute atomic E-state index is 9.66. The van der Waals surface area contributed by atoms with Gasteiger partial charge in [0.15, 0.2) is 5.82 Å². The van der Waals surface area contributed by atoms with Crippen LogP contribution >= 0.6 is 11.6 Å². The van der Waals surface area contributed by atoms with Gasteiger partial charge in [0.1, 0.15) is 10.7 Å². The van der Waals surface area contributed by atoms with E-state index >= 15 is 0 Å². The summed E-state index contributed by atoms with van der Waals surface area (Å²) in [6.07, 6.45) is 5.35.